The number of rotatable bonds is 6. The van der Waals surface area contributed by atoms with E-state index in [1.54, 1.807) is 31.4 Å². The molecule has 2 N–H and O–H groups in total. The molecule has 0 bridgehead atoms. The summed E-state index contributed by atoms with van der Waals surface area (Å²) in [4.78, 5) is 29.2. The maximum atomic E-state index is 13.1. The third kappa shape index (κ3) is 4.67. The highest BCUT2D eigenvalue weighted by atomic mass is 16.2. The van der Waals surface area contributed by atoms with Gasteiger partial charge in [-0.3, -0.25) is 9.59 Å². The van der Waals surface area contributed by atoms with Crippen LogP contribution in [0.2, 0.25) is 0 Å². The maximum Gasteiger partial charge on any atom is 0.256 e. The molecule has 162 valence electrons. The fraction of sp³-hybridized carbons (Fsp3) is 0.200. The Morgan fingerprint density at radius 1 is 0.969 bits per heavy atom. The van der Waals surface area contributed by atoms with E-state index in [9.17, 15) is 9.59 Å². The van der Waals surface area contributed by atoms with Gasteiger partial charge in [0, 0.05) is 18.4 Å². The number of pyridine rings is 1. The predicted molar refractivity (Wildman–Crippen MR) is 125 cm³/mol. The largest absolute Gasteiger partial charge is 0.359 e. The highest BCUT2D eigenvalue weighted by Gasteiger charge is 2.16. The van der Waals surface area contributed by atoms with E-state index in [1.165, 1.54) is 5.56 Å². The number of aryl methyl sites for hydroxylation is 2. The second-order valence-electron chi connectivity index (χ2n) is 7.84. The predicted octanol–water partition coefficient (Wildman–Crippen LogP) is 3.64. The van der Waals surface area contributed by atoms with Gasteiger partial charge in [0.15, 0.2) is 5.65 Å². The van der Waals surface area contributed by atoms with Crippen molar-refractivity contribution in [2.45, 2.75) is 26.8 Å². The molecule has 2 amide bonds. The number of aromatic nitrogens is 3. The summed E-state index contributed by atoms with van der Waals surface area (Å²) in [6, 6.07) is 17.3. The monoisotopic (exact) mass is 427 g/mol. The van der Waals surface area contributed by atoms with E-state index in [1.807, 2.05) is 23.7 Å². The molecule has 32 heavy (non-hydrogen) atoms. The van der Waals surface area contributed by atoms with Crippen LogP contribution in [0, 0.1) is 13.8 Å². The summed E-state index contributed by atoms with van der Waals surface area (Å²) in [5.41, 5.74) is 5.80. The zero-order chi connectivity index (χ0) is 22.7. The molecule has 0 spiro atoms. The van der Waals surface area contributed by atoms with Crippen LogP contribution in [0.1, 0.15) is 32.7 Å². The van der Waals surface area contributed by atoms with Gasteiger partial charge in [0.25, 0.3) is 5.91 Å². The maximum absolute atomic E-state index is 13.1. The fourth-order valence-electron chi connectivity index (χ4n) is 3.52. The van der Waals surface area contributed by atoms with Gasteiger partial charge in [-0.25, -0.2) is 9.67 Å². The van der Waals surface area contributed by atoms with Crippen molar-refractivity contribution < 1.29 is 9.59 Å². The molecule has 0 atom stereocenters. The van der Waals surface area contributed by atoms with Crippen molar-refractivity contribution >= 4 is 28.5 Å². The first kappa shape index (κ1) is 21.2. The average Bonchev–Trinajstić information content (AvgIpc) is 3.18. The lowest BCUT2D eigenvalue weighted by Crippen LogP contribution is -2.19. The third-order valence-electron chi connectivity index (χ3n) is 5.29. The molecule has 0 aliphatic carbocycles. The van der Waals surface area contributed by atoms with Gasteiger partial charge in [-0.15, -0.1) is 0 Å². The molecular weight excluding hydrogens is 402 g/mol. The number of anilines is 1. The second kappa shape index (κ2) is 9.01. The van der Waals surface area contributed by atoms with Crippen LogP contribution in [0.15, 0.2) is 60.8 Å². The van der Waals surface area contributed by atoms with Crippen molar-refractivity contribution in [3.8, 4) is 0 Å². The molecule has 7 nitrogen and oxygen atoms in total. The quantitative estimate of drug-likeness (QED) is 0.492. The van der Waals surface area contributed by atoms with Crippen LogP contribution >= 0.6 is 0 Å². The zero-order valence-corrected chi connectivity index (χ0v) is 18.3. The van der Waals surface area contributed by atoms with Crippen molar-refractivity contribution in [1.29, 1.82) is 0 Å². The van der Waals surface area contributed by atoms with Gasteiger partial charge in [-0.2, -0.15) is 5.10 Å². The number of likely N-dealkylation sites (N-methyl/N-ethyl adjacent to an activating group) is 1. The SMILES string of the molecule is CNC(=O)Cc1ccc(NC(=O)c2cc(C)nc3c2cnn3Cc2ccc(C)cc2)cc1. The Balaban J connectivity index is 1.57. The van der Waals surface area contributed by atoms with Gasteiger partial charge < -0.3 is 10.6 Å². The molecule has 0 saturated heterocycles. The highest BCUT2D eigenvalue weighted by molar-refractivity contribution is 6.12. The highest BCUT2D eigenvalue weighted by Crippen LogP contribution is 2.21. The van der Waals surface area contributed by atoms with Crippen LogP contribution < -0.4 is 10.6 Å². The number of fused-ring (bicyclic) bond motifs is 1. The first-order valence-corrected chi connectivity index (χ1v) is 10.4. The van der Waals surface area contributed by atoms with E-state index in [2.05, 4.69) is 51.9 Å². The van der Waals surface area contributed by atoms with Crippen LogP contribution in [0.5, 0.6) is 0 Å². The molecule has 4 aromatic rings. The van der Waals surface area contributed by atoms with E-state index in [-0.39, 0.29) is 11.8 Å². The molecule has 0 radical (unpaired) electrons. The van der Waals surface area contributed by atoms with E-state index in [0.717, 1.165) is 16.8 Å². The Morgan fingerprint density at radius 2 is 1.66 bits per heavy atom. The number of amides is 2. The Labute approximate surface area is 186 Å². The summed E-state index contributed by atoms with van der Waals surface area (Å²) in [7, 11) is 1.61. The number of hydrogen-bond donors (Lipinski definition) is 2. The summed E-state index contributed by atoms with van der Waals surface area (Å²) in [6.07, 6.45) is 1.99. The molecule has 4 rings (SSSR count). The molecule has 0 saturated carbocycles. The Bertz CT molecular complexity index is 1270. The van der Waals surface area contributed by atoms with Gasteiger partial charge >= 0.3 is 0 Å². The molecule has 2 aromatic heterocycles. The molecule has 2 aromatic carbocycles. The molecule has 0 aliphatic rings. The van der Waals surface area contributed by atoms with E-state index in [4.69, 9.17) is 0 Å². The fourth-order valence-corrected chi connectivity index (χ4v) is 3.52. The third-order valence-corrected chi connectivity index (χ3v) is 5.29. The molecule has 7 heteroatoms. The summed E-state index contributed by atoms with van der Waals surface area (Å²) < 4.78 is 1.82. The Kier molecular flexibility index (Phi) is 5.98. The number of nitrogens with zero attached hydrogens (tertiary/aromatic N) is 3. The van der Waals surface area contributed by atoms with Crippen molar-refractivity contribution in [3.05, 3.63) is 88.7 Å². The Hall–Kier alpha value is -4.00. The van der Waals surface area contributed by atoms with Crippen LogP contribution in [0.3, 0.4) is 0 Å². The van der Waals surface area contributed by atoms with Gasteiger partial charge in [0.2, 0.25) is 5.91 Å². The molecular formula is C25H25N5O2. The normalized spacial score (nSPS) is 10.8. The van der Waals surface area contributed by atoms with Crippen molar-refractivity contribution in [3.63, 3.8) is 0 Å². The summed E-state index contributed by atoms with van der Waals surface area (Å²) in [5.74, 6) is -0.284. The minimum atomic E-state index is -0.227. The topological polar surface area (TPSA) is 88.9 Å². The van der Waals surface area contributed by atoms with Gasteiger partial charge in [0.1, 0.15) is 0 Å². The van der Waals surface area contributed by atoms with Gasteiger partial charge in [-0.1, -0.05) is 42.0 Å². The molecule has 0 unspecified atom stereocenters. The van der Waals surface area contributed by atoms with E-state index in [0.29, 0.717) is 35.2 Å². The van der Waals surface area contributed by atoms with Gasteiger partial charge in [-0.05, 0) is 43.2 Å². The smallest absolute Gasteiger partial charge is 0.256 e. The van der Waals surface area contributed by atoms with Crippen LogP contribution in [0.25, 0.3) is 11.0 Å². The van der Waals surface area contributed by atoms with E-state index < -0.39 is 0 Å². The molecule has 2 heterocycles. The van der Waals surface area contributed by atoms with Crippen molar-refractivity contribution in [2.24, 2.45) is 0 Å². The summed E-state index contributed by atoms with van der Waals surface area (Å²) >= 11 is 0. The lowest BCUT2D eigenvalue weighted by Gasteiger charge is -2.09. The molecule has 0 aliphatic heterocycles. The average molecular weight is 428 g/mol. The zero-order valence-electron chi connectivity index (χ0n) is 18.3. The van der Waals surface area contributed by atoms with Crippen molar-refractivity contribution in [1.82, 2.24) is 20.1 Å². The minimum absolute atomic E-state index is 0.0564. The number of benzene rings is 2. The number of carbonyl (C=O) groups excluding carboxylic acids is 2. The first-order chi connectivity index (χ1) is 15.4. The number of nitrogens with one attached hydrogen (secondary N) is 2. The minimum Gasteiger partial charge on any atom is -0.359 e. The lowest BCUT2D eigenvalue weighted by molar-refractivity contribution is -0.119. The second-order valence-corrected chi connectivity index (χ2v) is 7.84. The number of hydrogen-bond acceptors (Lipinski definition) is 4. The van der Waals surface area contributed by atoms with Crippen molar-refractivity contribution in [2.75, 3.05) is 12.4 Å². The summed E-state index contributed by atoms with van der Waals surface area (Å²) in [6.45, 7) is 4.50. The van der Waals surface area contributed by atoms with E-state index >= 15 is 0 Å². The van der Waals surface area contributed by atoms with Crippen LogP contribution in [-0.4, -0.2) is 33.6 Å². The standard InChI is InChI=1S/C25H25N5O2/c1-16-4-6-19(7-5-16)15-30-24-22(14-27-30)21(12-17(2)28-24)25(32)29-20-10-8-18(9-11-20)13-23(31)26-3/h4-12,14H,13,15H2,1-3H3,(H,26,31)(H,29,32). The van der Waals surface area contributed by atoms with Gasteiger partial charge in [0.05, 0.1) is 30.1 Å². The number of carbonyl (C=O) groups is 2. The molecule has 0 fully saturated rings. The Morgan fingerprint density at radius 3 is 2.34 bits per heavy atom. The van der Waals surface area contributed by atoms with Crippen LogP contribution in [-0.2, 0) is 17.8 Å². The lowest BCUT2D eigenvalue weighted by atomic mass is 10.1. The summed E-state index contributed by atoms with van der Waals surface area (Å²) in [5, 5.41) is 10.7. The first-order valence-electron chi connectivity index (χ1n) is 10.4. The van der Waals surface area contributed by atoms with Crippen LogP contribution in [0.4, 0.5) is 5.69 Å².